The van der Waals surface area contributed by atoms with Gasteiger partial charge in [-0.2, -0.15) is 0 Å². The molecule has 0 saturated heterocycles. The molecule has 1 fully saturated rings. The van der Waals surface area contributed by atoms with E-state index >= 15 is 0 Å². The summed E-state index contributed by atoms with van der Waals surface area (Å²) < 4.78 is 7.84. The van der Waals surface area contributed by atoms with Gasteiger partial charge in [-0.1, -0.05) is 56.8 Å². The van der Waals surface area contributed by atoms with Crippen molar-refractivity contribution < 1.29 is 14.3 Å². The molecule has 9 heteroatoms. The van der Waals surface area contributed by atoms with E-state index in [1.807, 2.05) is 28.8 Å². The summed E-state index contributed by atoms with van der Waals surface area (Å²) >= 11 is 1.30. The molecule has 2 amide bonds. The number of hydrogen-bond donors (Lipinski definition) is 2. The van der Waals surface area contributed by atoms with Crippen molar-refractivity contribution in [3.05, 3.63) is 71.5 Å². The number of hydrazine groups is 1. The highest BCUT2D eigenvalue weighted by Crippen LogP contribution is 2.37. The van der Waals surface area contributed by atoms with Gasteiger partial charge in [-0.3, -0.25) is 20.4 Å². The summed E-state index contributed by atoms with van der Waals surface area (Å²) in [4.78, 5) is 24.4. The average molecular weight is 480 g/mol. The number of benzene rings is 2. The summed E-state index contributed by atoms with van der Waals surface area (Å²) in [7, 11) is 0. The molecular weight excluding hydrogens is 450 g/mol. The smallest absolute Gasteiger partial charge is 0.269 e. The van der Waals surface area contributed by atoms with Gasteiger partial charge in [-0.25, -0.2) is 0 Å². The number of nitrogens with zero attached hydrogens (tertiary/aromatic N) is 3. The predicted octanol–water partition coefficient (Wildman–Crippen LogP) is 4.04. The van der Waals surface area contributed by atoms with Crippen molar-refractivity contribution in [2.24, 2.45) is 0 Å². The fourth-order valence-electron chi connectivity index (χ4n) is 3.27. The van der Waals surface area contributed by atoms with Crippen LogP contribution in [0.5, 0.6) is 5.75 Å². The van der Waals surface area contributed by atoms with Crippen LogP contribution in [0.3, 0.4) is 0 Å². The monoisotopic (exact) mass is 479 g/mol. The second-order valence-electron chi connectivity index (χ2n) is 9.30. The maximum Gasteiger partial charge on any atom is 0.269 e. The second kappa shape index (κ2) is 10.3. The number of amides is 2. The molecule has 34 heavy (non-hydrogen) atoms. The Bertz CT molecular complexity index is 1130. The molecule has 0 unspecified atom stereocenters. The normalized spacial score (nSPS) is 13.4. The Labute approximate surface area is 203 Å². The Morgan fingerprint density at radius 3 is 2.41 bits per heavy atom. The molecule has 0 radical (unpaired) electrons. The molecule has 178 valence electrons. The Kier molecular flexibility index (Phi) is 7.21. The zero-order chi connectivity index (χ0) is 24.1. The Hall–Kier alpha value is -3.33. The maximum absolute atomic E-state index is 12.3. The van der Waals surface area contributed by atoms with E-state index in [9.17, 15) is 9.59 Å². The molecule has 2 N–H and O–H groups in total. The van der Waals surface area contributed by atoms with E-state index in [4.69, 9.17) is 4.74 Å². The first-order chi connectivity index (χ1) is 16.3. The minimum atomic E-state index is -0.385. The quantitative estimate of drug-likeness (QED) is 0.374. The number of nitrogens with one attached hydrogen (secondary N) is 2. The van der Waals surface area contributed by atoms with Crippen LogP contribution < -0.4 is 15.6 Å². The van der Waals surface area contributed by atoms with Gasteiger partial charge in [-0.05, 0) is 53.6 Å². The van der Waals surface area contributed by atoms with Crippen molar-refractivity contribution in [1.29, 1.82) is 0 Å². The minimum Gasteiger partial charge on any atom is -0.489 e. The topological polar surface area (TPSA) is 98.1 Å². The Morgan fingerprint density at radius 1 is 1.06 bits per heavy atom. The number of carbonyl (C=O) groups excluding carboxylic acids is 2. The number of aromatic nitrogens is 3. The highest BCUT2D eigenvalue weighted by molar-refractivity contribution is 7.99. The molecular formula is C25H29N5O3S. The molecule has 4 rings (SSSR count). The van der Waals surface area contributed by atoms with Gasteiger partial charge in [0.25, 0.3) is 5.91 Å². The van der Waals surface area contributed by atoms with Crippen LogP contribution in [-0.4, -0.2) is 32.3 Å². The number of carbonyl (C=O) groups is 2. The molecule has 1 heterocycles. The largest absolute Gasteiger partial charge is 0.489 e. The third-order valence-corrected chi connectivity index (χ3v) is 6.43. The maximum atomic E-state index is 12.3. The third kappa shape index (κ3) is 6.38. The molecule has 1 aliphatic rings. The molecule has 8 nitrogen and oxygen atoms in total. The highest BCUT2D eigenvalue weighted by Gasteiger charge is 2.26. The predicted molar refractivity (Wildman–Crippen MR) is 131 cm³/mol. The lowest BCUT2D eigenvalue weighted by molar-refractivity contribution is -0.119. The van der Waals surface area contributed by atoms with E-state index in [1.54, 1.807) is 18.5 Å². The molecule has 0 bridgehead atoms. The van der Waals surface area contributed by atoms with E-state index in [0.29, 0.717) is 23.4 Å². The number of hydrogen-bond acceptors (Lipinski definition) is 6. The molecule has 0 aliphatic heterocycles. The van der Waals surface area contributed by atoms with Gasteiger partial charge in [0.15, 0.2) is 5.16 Å². The van der Waals surface area contributed by atoms with Crippen LogP contribution in [-0.2, 0) is 16.8 Å². The van der Waals surface area contributed by atoms with E-state index in [1.165, 1.54) is 17.3 Å². The van der Waals surface area contributed by atoms with Crippen molar-refractivity contribution >= 4 is 23.6 Å². The van der Waals surface area contributed by atoms with Gasteiger partial charge in [-0.15, -0.1) is 10.2 Å². The Morgan fingerprint density at radius 2 is 1.76 bits per heavy atom. The van der Waals surface area contributed by atoms with Crippen molar-refractivity contribution in [1.82, 2.24) is 25.6 Å². The van der Waals surface area contributed by atoms with Crippen LogP contribution in [0.15, 0.2) is 60.0 Å². The van der Waals surface area contributed by atoms with Crippen LogP contribution in [0, 0.1) is 0 Å². The van der Waals surface area contributed by atoms with Gasteiger partial charge in [0.05, 0.1) is 5.75 Å². The Balaban J connectivity index is 1.20. The molecule has 0 spiro atoms. The highest BCUT2D eigenvalue weighted by atomic mass is 32.2. The summed E-state index contributed by atoms with van der Waals surface area (Å²) in [6, 6.07) is 15.6. The van der Waals surface area contributed by atoms with Crippen molar-refractivity contribution in [3.8, 4) is 5.75 Å². The van der Waals surface area contributed by atoms with Crippen LogP contribution in [0.25, 0.3) is 0 Å². The van der Waals surface area contributed by atoms with Crippen molar-refractivity contribution in [2.75, 3.05) is 5.75 Å². The lowest BCUT2D eigenvalue weighted by atomic mass is 9.87. The number of thioether (sulfide) groups is 1. The summed E-state index contributed by atoms with van der Waals surface area (Å²) in [6.07, 6.45) is 3.92. The molecule has 3 aromatic rings. The summed E-state index contributed by atoms with van der Waals surface area (Å²) in [5.74, 6) is 0.236. The first-order valence-electron chi connectivity index (χ1n) is 11.2. The fourth-order valence-corrected chi connectivity index (χ4v) is 4.06. The molecule has 1 saturated carbocycles. The van der Waals surface area contributed by atoms with Gasteiger partial charge in [0.2, 0.25) is 5.91 Å². The summed E-state index contributed by atoms with van der Waals surface area (Å²) in [5, 5.41) is 8.67. The van der Waals surface area contributed by atoms with E-state index in [2.05, 4.69) is 54.0 Å². The van der Waals surface area contributed by atoms with Crippen molar-refractivity contribution in [2.45, 2.75) is 56.8 Å². The van der Waals surface area contributed by atoms with Gasteiger partial charge in [0.1, 0.15) is 18.7 Å². The fraction of sp³-hybridized carbons (Fsp3) is 0.360. The average Bonchev–Trinajstić information content (AvgIpc) is 3.57. The SMILES string of the molecule is CC(C)(C)c1ccc(OCc2ccc(C(=O)NNC(=O)CSc3nncn3C3CC3)cc2)cc1. The summed E-state index contributed by atoms with van der Waals surface area (Å²) in [5.41, 5.74) is 7.63. The third-order valence-electron chi connectivity index (χ3n) is 5.47. The second-order valence-corrected chi connectivity index (χ2v) is 10.2. The summed E-state index contributed by atoms with van der Waals surface area (Å²) in [6.45, 7) is 6.92. The van der Waals surface area contributed by atoms with E-state index in [-0.39, 0.29) is 23.0 Å². The zero-order valence-corrected chi connectivity index (χ0v) is 20.4. The van der Waals surface area contributed by atoms with Gasteiger partial charge in [0, 0.05) is 11.6 Å². The van der Waals surface area contributed by atoms with Crippen LogP contribution in [0.1, 0.15) is 61.1 Å². The zero-order valence-electron chi connectivity index (χ0n) is 19.6. The van der Waals surface area contributed by atoms with E-state index < -0.39 is 0 Å². The van der Waals surface area contributed by atoms with Crippen LogP contribution in [0.2, 0.25) is 0 Å². The van der Waals surface area contributed by atoms with Gasteiger partial charge < -0.3 is 9.30 Å². The van der Waals surface area contributed by atoms with Crippen LogP contribution in [0.4, 0.5) is 0 Å². The molecule has 0 atom stereocenters. The lowest BCUT2D eigenvalue weighted by Crippen LogP contribution is -2.42. The number of ether oxygens (including phenoxy) is 1. The van der Waals surface area contributed by atoms with Crippen molar-refractivity contribution in [3.63, 3.8) is 0 Å². The molecule has 1 aromatic heterocycles. The lowest BCUT2D eigenvalue weighted by Gasteiger charge is -2.19. The molecule has 1 aliphatic carbocycles. The minimum absolute atomic E-state index is 0.101. The first kappa shape index (κ1) is 23.8. The van der Waals surface area contributed by atoms with Gasteiger partial charge >= 0.3 is 0 Å². The first-order valence-corrected chi connectivity index (χ1v) is 12.2. The number of rotatable bonds is 8. The standard InChI is InChI=1S/C25H29N5O3S/c1-25(2,3)19-8-12-21(13-9-19)33-14-17-4-6-18(7-5-17)23(32)28-27-22(31)15-34-24-29-26-16-30(24)20-10-11-20/h4-9,12-13,16,20H,10-11,14-15H2,1-3H3,(H,27,31)(H,28,32). The van der Waals surface area contributed by atoms with Crippen LogP contribution >= 0.6 is 11.8 Å². The molecule has 2 aromatic carbocycles. The van der Waals surface area contributed by atoms with E-state index in [0.717, 1.165) is 24.2 Å².